The van der Waals surface area contributed by atoms with Crippen LogP contribution in [0.15, 0.2) is 30.5 Å². The van der Waals surface area contributed by atoms with Gasteiger partial charge in [0.25, 0.3) is 0 Å². The van der Waals surface area contributed by atoms with Gasteiger partial charge in [0.15, 0.2) is 0 Å². The van der Waals surface area contributed by atoms with E-state index < -0.39 is 0 Å². The Morgan fingerprint density at radius 2 is 2.06 bits per heavy atom. The zero-order valence-electron chi connectivity index (χ0n) is 8.77. The van der Waals surface area contributed by atoms with Crippen LogP contribution in [0.5, 0.6) is 0 Å². The number of H-pyrrole nitrogens is 1. The van der Waals surface area contributed by atoms with E-state index in [4.69, 9.17) is 0 Å². The quantitative estimate of drug-likeness (QED) is 0.804. The number of carbonyl (C=O) groups excluding carboxylic acids is 1. The van der Waals surface area contributed by atoms with Crippen LogP contribution in [-0.4, -0.2) is 16.5 Å². The van der Waals surface area contributed by atoms with Gasteiger partial charge in [0.2, 0.25) is 0 Å². The third-order valence-electron chi connectivity index (χ3n) is 2.50. The smallest absolute Gasteiger partial charge is 0.127 e. The highest BCUT2D eigenvalue weighted by Crippen LogP contribution is 2.26. The molecule has 2 aromatic rings. The fourth-order valence-corrected chi connectivity index (χ4v) is 1.56. The molecule has 1 N–H and O–H groups in total. The number of carbonyl (C=O) groups is 1. The molecule has 1 atom stereocenters. The molecule has 1 heterocycles. The van der Waals surface area contributed by atoms with Crippen molar-refractivity contribution in [3.63, 3.8) is 0 Å². The number of aromatic nitrogens is 2. The zero-order valence-corrected chi connectivity index (χ0v) is 8.77. The molecular formula is C12H11FN2O. The SMILES string of the molecule is CC(C=O)c1cn[nH]c1-c1ccc(F)cc1. The Balaban J connectivity index is 2.44. The summed E-state index contributed by atoms with van der Waals surface area (Å²) in [5.41, 5.74) is 2.41. The van der Waals surface area contributed by atoms with Crippen LogP contribution in [-0.2, 0) is 4.79 Å². The minimum Gasteiger partial charge on any atom is -0.303 e. The molecule has 2 rings (SSSR count). The summed E-state index contributed by atoms with van der Waals surface area (Å²) in [6, 6.07) is 6.07. The molecular weight excluding hydrogens is 207 g/mol. The molecule has 1 aromatic carbocycles. The zero-order chi connectivity index (χ0) is 11.5. The van der Waals surface area contributed by atoms with Crippen molar-refractivity contribution in [3.05, 3.63) is 41.8 Å². The molecule has 1 unspecified atom stereocenters. The van der Waals surface area contributed by atoms with Crippen LogP contribution in [0, 0.1) is 5.82 Å². The van der Waals surface area contributed by atoms with Crippen LogP contribution in [0.4, 0.5) is 4.39 Å². The van der Waals surface area contributed by atoms with E-state index >= 15 is 0 Å². The Hall–Kier alpha value is -1.97. The van der Waals surface area contributed by atoms with Crippen molar-refractivity contribution in [3.8, 4) is 11.3 Å². The van der Waals surface area contributed by atoms with Gasteiger partial charge in [0.05, 0.1) is 11.9 Å². The van der Waals surface area contributed by atoms with Gasteiger partial charge in [0, 0.05) is 17.0 Å². The minimum absolute atomic E-state index is 0.223. The van der Waals surface area contributed by atoms with Gasteiger partial charge in [-0.05, 0) is 24.3 Å². The molecule has 0 spiro atoms. The topological polar surface area (TPSA) is 45.8 Å². The summed E-state index contributed by atoms with van der Waals surface area (Å²) in [6.45, 7) is 1.80. The molecule has 0 aliphatic rings. The summed E-state index contributed by atoms with van der Waals surface area (Å²) >= 11 is 0. The Labute approximate surface area is 92.3 Å². The molecule has 3 nitrogen and oxygen atoms in total. The van der Waals surface area contributed by atoms with Crippen molar-refractivity contribution >= 4 is 6.29 Å². The monoisotopic (exact) mass is 218 g/mol. The second kappa shape index (κ2) is 4.26. The maximum absolute atomic E-state index is 12.8. The largest absolute Gasteiger partial charge is 0.303 e. The number of rotatable bonds is 3. The summed E-state index contributed by atoms with van der Waals surface area (Å²) in [6.07, 6.45) is 2.48. The number of hydrogen-bond acceptors (Lipinski definition) is 2. The molecule has 4 heteroatoms. The first-order valence-electron chi connectivity index (χ1n) is 4.97. The summed E-state index contributed by atoms with van der Waals surface area (Å²) in [7, 11) is 0. The van der Waals surface area contributed by atoms with Gasteiger partial charge >= 0.3 is 0 Å². The van der Waals surface area contributed by atoms with E-state index in [2.05, 4.69) is 10.2 Å². The Morgan fingerprint density at radius 3 is 2.69 bits per heavy atom. The highest BCUT2D eigenvalue weighted by atomic mass is 19.1. The van der Waals surface area contributed by atoms with Crippen LogP contribution in [0.2, 0.25) is 0 Å². The second-order valence-electron chi connectivity index (χ2n) is 3.63. The van der Waals surface area contributed by atoms with Gasteiger partial charge < -0.3 is 4.79 Å². The number of aldehydes is 1. The normalized spacial score (nSPS) is 12.4. The summed E-state index contributed by atoms with van der Waals surface area (Å²) in [5.74, 6) is -0.507. The fourth-order valence-electron chi connectivity index (χ4n) is 1.56. The Morgan fingerprint density at radius 1 is 1.38 bits per heavy atom. The Bertz CT molecular complexity index is 490. The first-order valence-corrected chi connectivity index (χ1v) is 4.97. The number of nitrogens with one attached hydrogen (secondary N) is 1. The van der Waals surface area contributed by atoms with Crippen LogP contribution in [0.3, 0.4) is 0 Å². The average Bonchev–Trinajstić information content (AvgIpc) is 2.78. The van der Waals surface area contributed by atoms with Gasteiger partial charge in [-0.1, -0.05) is 6.92 Å². The summed E-state index contributed by atoms with van der Waals surface area (Å²) in [4.78, 5) is 10.7. The molecule has 0 amide bonds. The molecule has 0 bridgehead atoms. The molecule has 16 heavy (non-hydrogen) atoms. The van der Waals surface area contributed by atoms with Gasteiger partial charge in [-0.25, -0.2) is 4.39 Å². The number of aromatic amines is 1. The first-order chi connectivity index (χ1) is 7.72. The second-order valence-corrected chi connectivity index (χ2v) is 3.63. The van der Waals surface area contributed by atoms with Crippen LogP contribution in [0.25, 0.3) is 11.3 Å². The van der Waals surface area contributed by atoms with Crippen molar-refractivity contribution < 1.29 is 9.18 Å². The van der Waals surface area contributed by atoms with E-state index in [0.29, 0.717) is 0 Å². The first kappa shape index (κ1) is 10.5. The maximum Gasteiger partial charge on any atom is 0.127 e. The summed E-state index contributed by atoms with van der Waals surface area (Å²) < 4.78 is 12.8. The maximum atomic E-state index is 12.8. The minimum atomic E-state index is -0.284. The van der Waals surface area contributed by atoms with Gasteiger partial charge in [-0.2, -0.15) is 5.10 Å². The van der Waals surface area contributed by atoms with Crippen molar-refractivity contribution in [1.29, 1.82) is 0 Å². The number of benzene rings is 1. The molecule has 0 saturated carbocycles. The lowest BCUT2D eigenvalue weighted by molar-refractivity contribution is -0.108. The predicted molar refractivity (Wildman–Crippen MR) is 58.5 cm³/mol. The van der Waals surface area contributed by atoms with Crippen LogP contribution >= 0.6 is 0 Å². The van der Waals surface area contributed by atoms with Gasteiger partial charge in [0.1, 0.15) is 12.1 Å². The van der Waals surface area contributed by atoms with Crippen LogP contribution in [0.1, 0.15) is 18.4 Å². The molecule has 82 valence electrons. The molecule has 0 aliphatic carbocycles. The van der Waals surface area contributed by atoms with Gasteiger partial charge in [-0.15, -0.1) is 0 Å². The Kier molecular flexibility index (Phi) is 2.81. The molecule has 0 radical (unpaired) electrons. The molecule has 0 aliphatic heterocycles. The number of nitrogens with zero attached hydrogens (tertiary/aromatic N) is 1. The van der Waals surface area contributed by atoms with E-state index in [1.54, 1.807) is 25.3 Å². The average molecular weight is 218 g/mol. The van der Waals surface area contributed by atoms with Crippen molar-refractivity contribution in [2.24, 2.45) is 0 Å². The third kappa shape index (κ3) is 1.86. The number of halogens is 1. The molecule has 0 fully saturated rings. The highest BCUT2D eigenvalue weighted by Gasteiger charge is 2.13. The van der Waals surface area contributed by atoms with E-state index in [9.17, 15) is 9.18 Å². The third-order valence-corrected chi connectivity index (χ3v) is 2.50. The van der Waals surface area contributed by atoms with Crippen molar-refractivity contribution in [2.45, 2.75) is 12.8 Å². The van der Waals surface area contributed by atoms with Gasteiger partial charge in [-0.3, -0.25) is 5.10 Å². The van der Waals surface area contributed by atoms with E-state index in [0.717, 1.165) is 23.1 Å². The van der Waals surface area contributed by atoms with E-state index in [1.165, 1.54) is 12.1 Å². The van der Waals surface area contributed by atoms with Crippen molar-refractivity contribution in [2.75, 3.05) is 0 Å². The number of hydrogen-bond donors (Lipinski definition) is 1. The van der Waals surface area contributed by atoms with Crippen LogP contribution < -0.4 is 0 Å². The fraction of sp³-hybridized carbons (Fsp3) is 0.167. The lowest BCUT2D eigenvalue weighted by Crippen LogP contribution is -1.95. The standard InChI is InChI=1S/C12H11FN2O/c1-8(7-16)11-6-14-15-12(11)9-2-4-10(13)5-3-9/h2-8H,1H3,(H,14,15). The lowest BCUT2D eigenvalue weighted by atomic mass is 9.99. The van der Waals surface area contributed by atoms with E-state index in [-0.39, 0.29) is 11.7 Å². The van der Waals surface area contributed by atoms with E-state index in [1.807, 2.05) is 0 Å². The lowest BCUT2D eigenvalue weighted by Gasteiger charge is -2.05. The molecule has 0 saturated heterocycles. The molecule has 1 aromatic heterocycles. The highest BCUT2D eigenvalue weighted by molar-refractivity contribution is 5.70. The predicted octanol–water partition coefficient (Wildman–Crippen LogP) is 2.52. The summed E-state index contributed by atoms with van der Waals surface area (Å²) in [5, 5.41) is 6.74. The van der Waals surface area contributed by atoms with Crippen molar-refractivity contribution in [1.82, 2.24) is 10.2 Å².